The molecule has 0 unspecified atom stereocenters. The van der Waals surface area contributed by atoms with Crippen molar-refractivity contribution >= 4 is 5.78 Å². The number of rotatable bonds is 4. The van der Waals surface area contributed by atoms with Crippen LogP contribution in [0.25, 0.3) is 0 Å². The maximum absolute atomic E-state index is 11.6. The van der Waals surface area contributed by atoms with Gasteiger partial charge in [-0.15, -0.1) is 0 Å². The third-order valence-electron chi connectivity index (χ3n) is 3.02. The number of hydrogen-bond donors (Lipinski definition) is 0. The second kappa shape index (κ2) is 3.95. The molecule has 14 heavy (non-hydrogen) atoms. The Balaban J connectivity index is 1.84. The van der Waals surface area contributed by atoms with E-state index in [-0.39, 0.29) is 0 Å². The third-order valence-corrected chi connectivity index (χ3v) is 3.02. The molecule has 1 aromatic rings. The molecule has 0 amide bonds. The summed E-state index contributed by atoms with van der Waals surface area (Å²) in [4.78, 5) is 15.8. The fourth-order valence-corrected chi connectivity index (χ4v) is 1.83. The number of aryl methyl sites for hydroxylation is 1. The zero-order valence-electron chi connectivity index (χ0n) is 8.57. The molecule has 1 aromatic heterocycles. The Kier molecular flexibility index (Phi) is 2.66. The monoisotopic (exact) mass is 192 g/mol. The van der Waals surface area contributed by atoms with Crippen molar-refractivity contribution in [2.45, 2.75) is 32.1 Å². The first-order chi connectivity index (χ1) is 6.75. The lowest BCUT2D eigenvalue weighted by Crippen LogP contribution is -2.18. The number of ketones is 1. The molecule has 1 saturated carbocycles. The van der Waals surface area contributed by atoms with E-state index < -0.39 is 0 Å². The largest absolute Gasteiger partial charge is 0.338 e. The zero-order chi connectivity index (χ0) is 9.97. The molecule has 2 rings (SSSR count). The van der Waals surface area contributed by atoms with Crippen molar-refractivity contribution in [3.8, 4) is 0 Å². The zero-order valence-corrected chi connectivity index (χ0v) is 8.57. The van der Waals surface area contributed by atoms with Gasteiger partial charge in [0.05, 0.1) is 6.42 Å². The van der Waals surface area contributed by atoms with Crippen LogP contribution < -0.4 is 0 Å². The molecule has 3 nitrogen and oxygen atoms in total. The van der Waals surface area contributed by atoms with E-state index in [1.165, 1.54) is 19.3 Å². The lowest BCUT2D eigenvalue weighted by molar-refractivity contribution is -0.120. The molecule has 0 aliphatic heterocycles. The quantitative estimate of drug-likeness (QED) is 0.728. The number of carbonyl (C=O) groups is 1. The van der Waals surface area contributed by atoms with E-state index in [0.717, 1.165) is 12.2 Å². The molecule has 1 aliphatic carbocycles. The second-order valence-electron chi connectivity index (χ2n) is 4.17. The molecule has 1 heterocycles. The molecule has 0 aromatic carbocycles. The summed E-state index contributed by atoms with van der Waals surface area (Å²) in [6, 6.07) is 0. The number of carbonyl (C=O) groups excluding carboxylic acids is 1. The van der Waals surface area contributed by atoms with Gasteiger partial charge in [-0.2, -0.15) is 0 Å². The van der Waals surface area contributed by atoms with E-state index in [1.54, 1.807) is 6.20 Å². The molecular formula is C11H16N2O. The van der Waals surface area contributed by atoms with Gasteiger partial charge in [0.25, 0.3) is 0 Å². The molecule has 0 atom stereocenters. The van der Waals surface area contributed by atoms with Crippen molar-refractivity contribution in [1.29, 1.82) is 0 Å². The average molecular weight is 192 g/mol. The molecule has 76 valence electrons. The van der Waals surface area contributed by atoms with Gasteiger partial charge in [-0.1, -0.05) is 19.3 Å². The minimum absolute atomic E-state index is 0.337. The normalized spacial score (nSPS) is 16.6. The Hall–Kier alpha value is -1.12. The van der Waals surface area contributed by atoms with Crippen LogP contribution >= 0.6 is 0 Å². The van der Waals surface area contributed by atoms with Gasteiger partial charge in [-0.05, 0) is 5.92 Å². The van der Waals surface area contributed by atoms with Crippen molar-refractivity contribution in [3.63, 3.8) is 0 Å². The predicted molar refractivity (Wildman–Crippen MR) is 53.9 cm³/mol. The summed E-state index contributed by atoms with van der Waals surface area (Å²) < 4.78 is 1.92. The summed E-state index contributed by atoms with van der Waals surface area (Å²) >= 11 is 0. The summed E-state index contributed by atoms with van der Waals surface area (Å²) in [7, 11) is 1.93. The first-order valence-electron chi connectivity index (χ1n) is 5.23. The van der Waals surface area contributed by atoms with Crippen molar-refractivity contribution in [2.24, 2.45) is 13.0 Å². The van der Waals surface area contributed by atoms with Crippen molar-refractivity contribution in [2.75, 3.05) is 0 Å². The molecule has 0 saturated heterocycles. The second-order valence-corrected chi connectivity index (χ2v) is 4.17. The van der Waals surface area contributed by atoms with Gasteiger partial charge in [-0.3, -0.25) is 4.79 Å². The smallest absolute Gasteiger partial charge is 0.140 e. The van der Waals surface area contributed by atoms with E-state index in [4.69, 9.17) is 0 Å². The molecule has 0 N–H and O–H groups in total. The minimum Gasteiger partial charge on any atom is -0.338 e. The maximum Gasteiger partial charge on any atom is 0.140 e. The van der Waals surface area contributed by atoms with Gasteiger partial charge in [0.15, 0.2) is 0 Å². The number of imidazole rings is 1. The van der Waals surface area contributed by atoms with Gasteiger partial charge < -0.3 is 4.57 Å². The highest BCUT2D eigenvalue weighted by molar-refractivity contribution is 5.80. The first-order valence-corrected chi connectivity index (χ1v) is 5.23. The van der Waals surface area contributed by atoms with Gasteiger partial charge in [0.1, 0.15) is 11.6 Å². The van der Waals surface area contributed by atoms with Crippen LogP contribution in [-0.4, -0.2) is 15.3 Å². The maximum atomic E-state index is 11.6. The third kappa shape index (κ3) is 2.03. The van der Waals surface area contributed by atoms with Crippen LogP contribution in [0.4, 0.5) is 0 Å². The van der Waals surface area contributed by atoms with Gasteiger partial charge in [0, 0.05) is 25.9 Å². The number of Topliss-reactive ketones (excluding diaryl/α,β-unsaturated/α-hetero) is 1. The van der Waals surface area contributed by atoms with Crippen molar-refractivity contribution in [3.05, 3.63) is 18.2 Å². The fraction of sp³-hybridized carbons (Fsp3) is 0.636. The van der Waals surface area contributed by atoms with E-state index in [2.05, 4.69) is 4.98 Å². The predicted octanol–water partition coefficient (Wildman–Crippen LogP) is 1.72. The summed E-state index contributed by atoms with van der Waals surface area (Å²) in [5.74, 6) is 1.89. The lowest BCUT2D eigenvalue weighted by Gasteiger charge is -2.24. The van der Waals surface area contributed by atoms with E-state index in [0.29, 0.717) is 18.1 Å². The molecule has 3 heteroatoms. The topological polar surface area (TPSA) is 34.9 Å². The Labute approximate surface area is 84.1 Å². The Morgan fingerprint density at radius 1 is 1.64 bits per heavy atom. The molecule has 1 aliphatic rings. The number of hydrogen-bond acceptors (Lipinski definition) is 2. The fourth-order valence-electron chi connectivity index (χ4n) is 1.83. The van der Waals surface area contributed by atoms with Gasteiger partial charge in [-0.25, -0.2) is 4.98 Å². The highest BCUT2D eigenvalue weighted by Crippen LogP contribution is 2.29. The molecule has 1 fully saturated rings. The van der Waals surface area contributed by atoms with Crippen LogP contribution in [0, 0.1) is 5.92 Å². The Bertz CT molecular complexity index is 326. The summed E-state index contributed by atoms with van der Waals surface area (Å²) in [5, 5.41) is 0. The molecule has 0 bridgehead atoms. The average Bonchev–Trinajstić information content (AvgIpc) is 2.45. The lowest BCUT2D eigenvalue weighted by atomic mass is 9.81. The summed E-state index contributed by atoms with van der Waals surface area (Å²) in [5.41, 5.74) is 0. The standard InChI is InChI=1S/C11H16N2O/c1-13-6-5-12-11(13)8-10(14)7-9-3-2-4-9/h5-6,9H,2-4,7-8H2,1H3. The van der Waals surface area contributed by atoms with Crippen LogP contribution in [0.15, 0.2) is 12.4 Å². The molecule has 0 spiro atoms. The SMILES string of the molecule is Cn1ccnc1CC(=O)CC1CCC1. The minimum atomic E-state index is 0.337. The van der Waals surface area contributed by atoms with Crippen LogP contribution in [0.2, 0.25) is 0 Å². The number of nitrogens with zero attached hydrogens (tertiary/aromatic N) is 2. The number of aromatic nitrogens is 2. The van der Waals surface area contributed by atoms with E-state index in [9.17, 15) is 4.79 Å². The Morgan fingerprint density at radius 3 is 2.93 bits per heavy atom. The van der Waals surface area contributed by atoms with Gasteiger partial charge >= 0.3 is 0 Å². The summed E-state index contributed by atoms with van der Waals surface area (Å²) in [6.07, 6.45) is 8.67. The van der Waals surface area contributed by atoms with Crippen LogP contribution in [0.5, 0.6) is 0 Å². The van der Waals surface area contributed by atoms with E-state index in [1.807, 2.05) is 17.8 Å². The van der Waals surface area contributed by atoms with E-state index >= 15 is 0 Å². The van der Waals surface area contributed by atoms with Gasteiger partial charge in [0.2, 0.25) is 0 Å². The molecule has 0 radical (unpaired) electrons. The highest BCUT2D eigenvalue weighted by atomic mass is 16.1. The first kappa shape index (κ1) is 9.44. The highest BCUT2D eigenvalue weighted by Gasteiger charge is 2.21. The van der Waals surface area contributed by atoms with Crippen LogP contribution in [0.1, 0.15) is 31.5 Å². The van der Waals surface area contributed by atoms with Crippen LogP contribution in [-0.2, 0) is 18.3 Å². The van der Waals surface area contributed by atoms with Crippen LogP contribution in [0.3, 0.4) is 0 Å². The molecular weight excluding hydrogens is 176 g/mol. The Morgan fingerprint density at radius 2 is 2.43 bits per heavy atom. The summed E-state index contributed by atoms with van der Waals surface area (Å²) in [6.45, 7) is 0. The van der Waals surface area contributed by atoms with Crippen molar-refractivity contribution < 1.29 is 4.79 Å². The van der Waals surface area contributed by atoms with Crippen molar-refractivity contribution in [1.82, 2.24) is 9.55 Å².